The van der Waals surface area contributed by atoms with Crippen LogP contribution in [0.3, 0.4) is 0 Å². The first-order valence-corrected chi connectivity index (χ1v) is 9.91. The van der Waals surface area contributed by atoms with Crippen molar-refractivity contribution >= 4 is 56.1 Å². The molecule has 124 valence electrons. The van der Waals surface area contributed by atoms with Gasteiger partial charge in [-0.1, -0.05) is 17.7 Å². The Morgan fingerprint density at radius 2 is 2.04 bits per heavy atom. The van der Waals surface area contributed by atoms with Gasteiger partial charge in [-0.25, -0.2) is 13.1 Å². The quantitative estimate of drug-likeness (QED) is 0.550. The van der Waals surface area contributed by atoms with Crippen molar-refractivity contribution in [3.63, 3.8) is 0 Å². The molecule has 2 aromatic rings. The first kappa shape index (κ1) is 18.1. The van der Waals surface area contributed by atoms with E-state index in [1.807, 2.05) is 0 Å². The average molecular weight is 394 g/mol. The molecule has 0 saturated carbocycles. The number of sulfonamides is 1. The van der Waals surface area contributed by atoms with Crippen LogP contribution in [-0.4, -0.2) is 33.3 Å². The summed E-state index contributed by atoms with van der Waals surface area (Å²) < 4.78 is 31.4. The molecule has 2 heterocycles. The summed E-state index contributed by atoms with van der Waals surface area (Å²) in [4.78, 5) is 23.6. The van der Waals surface area contributed by atoms with E-state index >= 15 is 0 Å². The third-order valence-electron chi connectivity index (χ3n) is 2.59. The van der Waals surface area contributed by atoms with E-state index in [1.54, 1.807) is 23.6 Å². The zero-order valence-electron chi connectivity index (χ0n) is 11.7. The van der Waals surface area contributed by atoms with E-state index in [0.29, 0.717) is 9.21 Å². The highest BCUT2D eigenvalue weighted by molar-refractivity contribution is 7.91. The maximum Gasteiger partial charge on any atom is 0.307 e. The van der Waals surface area contributed by atoms with Gasteiger partial charge in [0.2, 0.25) is 15.8 Å². The number of Topliss-reactive ketones (excluding diaryl/α,β-unsaturated/α-hetero) is 1. The first-order valence-electron chi connectivity index (χ1n) is 6.36. The minimum Gasteiger partial charge on any atom is -0.457 e. The standard InChI is InChI=1S/C13H12ClNO5S3/c14-11-4-3-10(22-11)9(16)8-20-12(17)5-6-15-23(18,19)13-2-1-7-21-13/h1-4,7,15H,5-6,8H2. The molecular weight excluding hydrogens is 382 g/mol. The van der Waals surface area contributed by atoms with Crippen molar-refractivity contribution in [1.29, 1.82) is 0 Å². The predicted octanol–water partition coefficient (Wildman–Crippen LogP) is 2.56. The number of carbonyl (C=O) groups excluding carboxylic acids is 2. The van der Waals surface area contributed by atoms with E-state index in [-0.39, 0.29) is 23.0 Å². The summed E-state index contributed by atoms with van der Waals surface area (Å²) in [6.07, 6.45) is -0.164. The number of ketones is 1. The summed E-state index contributed by atoms with van der Waals surface area (Å²) >= 11 is 7.90. The molecule has 0 atom stereocenters. The Morgan fingerprint density at radius 1 is 1.26 bits per heavy atom. The fourth-order valence-corrected chi connectivity index (χ4v) is 4.57. The summed E-state index contributed by atoms with van der Waals surface area (Å²) in [5.74, 6) is -1.01. The van der Waals surface area contributed by atoms with E-state index in [4.69, 9.17) is 16.3 Å². The Hall–Kier alpha value is -1.26. The van der Waals surface area contributed by atoms with Crippen LogP contribution < -0.4 is 4.72 Å². The molecular formula is C13H12ClNO5S3. The van der Waals surface area contributed by atoms with E-state index < -0.39 is 22.6 Å². The van der Waals surface area contributed by atoms with Gasteiger partial charge in [0, 0.05) is 6.54 Å². The fraction of sp³-hybridized carbons (Fsp3) is 0.231. The molecule has 0 saturated heterocycles. The minimum atomic E-state index is -3.60. The van der Waals surface area contributed by atoms with Crippen LogP contribution in [0.5, 0.6) is 0 Å². The monoisotopic (exact) mass is 393 g/mol. The number of thiophene rings is 2. The van der Waals surface area contributed by atoms with Crippen LogP contribution in [0.4, 0.5) is 0 Å². The highest BCUT2D eigenvalue weighted by atomic mass is 35.5. The molecule has 0 radical (unpaired) electrons. The highest BCUT2D eigenvalue weighted by Crippen LogP contribution is 2.21. The minimum absolute atomic E-state index is 0.0991. The van der Waals surface area contributed by atoms with Gasteiger partial charge in [-0.3, -0.25) is 9.59 Å². The van der Waals surface area contributed by atoms with E-state index in [2.05, 4.69) is 4.72 Å². The molecule has 23 heavy (non-hydrogen) atoms. The number of hydrogen-bond donors (Lipinski definition) is 1. The van der Waals surface area contributed by atoms with Crippen molar-refractivity contribution in [3.05, 3.63) is 38.9 Å². The average Bonchev–Trinajstić information content (AvgIpc) is 3.16. The molecule has 10 heteroatoms. The van der Waals surface area contributed by atoms with E-state index in [9.17, 15) is 18.0 Å². The van der Waals surface area contributed by atoms with Crippen molar-refractivity contribution in [1.82, 2.24) is 4.72 Å². The number of carbonyl (C=O) groups is 2. The van der Waals surface area contributed by atoms with Crippen LogP contribution >= 0.6 is 34.3 Å². The lowest BCUT2D eigenvalue weighted by Crippen LogP contribution is -2.26. The van der Waals surface area contributed by atoms with Crippen molar-refractivity contribution < 1.29 is 22.7 Å². The molecule has 0 aliphatic heterocycles. The van der Waals surface area contributed by atoms with Crippen molar-refractivity contribution in [2.24, 2.45) is 0 Å². The second kappa shape index (κ2) is 8.02. The van der Waals surface area contributed by atoms with E-state index in [0.717, 1.165) is 22.7 Å². The van der Waals surface area contributed by atoms with Crippen LogP contribution in [0.2, 0.25) is 4.34 Å². The van der Waals surface area contributed by atoms with Crippen molar-refractivity contribution in [2.75, 3.05) is 13.2 Å². The van der Waals surface area contributed by atoms with E-state index in [1.165, 1.54) is 6.07 Å². The summed E-state index contributed by atoms with van der Waals surface area (Å²) in [7, 11) is -3.60. The third-order valence-corrected chi connectivity index (χ3v) is 6.72. The van der Waals surface area contributed by atoms with Gasteiger partial charge in [-0.2, -0.15) is 0 Å². The second-order valence-corrected chi connectivity index (χ2v) is 8.92. The predicted molar refractivity (Wildman–Crippen MR) is 88.7 cm³/mol. The summed E-state index contributed by atoms with van der Waals surface area (Å²) in [5.41, 5.74) is 0. The molecule has 0 aliphatic carbocycles. The molecule has 2 rings (SSSR count). The number of ether oxygens (including phenoxy) is 1. The molecule has 1 N–H and O–H groups in total. The topological polar surface area (TPSA) is 89.5 Å². The number of hydrogen-bond acceptors (Lipinski definition) is 7. The maximum atomic E-state index is 11.8. The van der Waals surface area contributed by atoms with Crippen LogP contribution in [-0.2, 0) is 19.6 Å². The molecule has 0 amide bonds. The Bertz CT molecular complexity index is 782. The maximum absolute atomic E-state index is 11.8. The molecule has 2 aromatic heterocycles. The van der Waals surface area contributed by atoms with Gasteiger partial charge in [-0.15, -0.1) is 22.7 Å². The Balaban J connectivity index is 1.72. The Kier molecular flexibility index (Phi) is 6.31. The van der Waals surface area contributed by atoms with Gasteiger partial charge >= 0.3 is 5.97 Å². The lowest BCUT2D eigenvalue weighted by molar-refractivity contribution is -0.142. The number of esters is 1. The zero-order chi connectivity index (χ0) is 16.9. The third kappa shape index (κ3) is 5.40. The number of nitrogens with one attached hydrogen (secondary N) is 1. The summed E-state index contributed by atoms with van der Waals surface area (Å²) in [6, 6.07) is 6.23. The second-order valence-electron chi connectivity index (χ2n) is 4.27. The van der Waals surface area contributed by atoms with Crippen LogP contribution in [0.25, 0.3) is 0 Å². The molecule has 0 aliphatic rings. The molecule has 0 fully saturated rings. The summed E-state index contributed by atoms with van der Waals surface area (Å²) in [6.45, 7) is -0.495. The van der Waals surface area contributed by atoms with Gasteiger partial charge in [-0.05, 0) is 23.6 Å². The lowest BCUT2D eigenvalue weighted by atomic mass is 10.3. The smallest absolute Gasteiger partial charge is 0.307 e. The highest BCUT2D eigenvalue weighted by Gasteiger charge is 2.16. The number of halogens is 1. The van der Waals surface area contributed by atoms with Crippen LogP contribution in [0.15, 0.2) is 33.9 Å². The van der Waals surface area contributed by atoms with Gasteiger partial charge in [0.15, 0.2) is 6.61 Å². The Morgan fingerprint density at radius 3 is 2.65 bits per heavy atom. The SMILES string of the molecule is O=C(CCNS(=O)(=O)c1cccs1)OCC(=O)c1ccc(Cl)s1. The van der Waals surface area contributed by atoms with Crippen molar-refractivity contribution in [2.45, 2.75) is 10.6 Å². The van der Waals surface area contributed by atoms with Gasteiger partial charge in [0.25, 0.3) is 0 Å². The molecule has 0 spiro atoms. The molecule has 6 nitrogen and oxygen atoms in total. The van der Waals surface area contributed by atoms with Crippen LogP contribution in [0, 0.1) is 0 Å². The lowest BCUT2D eigenvalue weighted by Gasteiger charge is -2.05. The largest absolute Gasteiger partial charge is 0.457 e. The zero-order valence-corrected chi connectivity index (χ0v) is 14.9. The van der Waals surface area contributed by atoms with Crippen molar-refractivity contribution in [3.8, 4) is 0 Å². The fourth-order valence-electron chi connectivity index (χ4n) is 1.53. The number of rotatable bonds is 8. The molecule has 0 bridgehead atoms. The van der Waals surface area contributed by atoms with Gasteiger partial charge in [0.1, 0.15) is 4.21 Å². The molecule has 0 unspecified atom stereocenters. The first-order chi connectivity index (χ1) is 10.9. The van der Waals surface area contributed by atoms with Gasteiger partial charge < -0.3 is 4.74 Å². The summed E-state index contributed by atoms with van der Waals surface area (Å²) in [5, 5.41) is 1.64. The van der Waals surface area contributed by atoms with Gasteiger partial charge in [0.05, 0.1) is 15.6 Å². The van der Waals surface area contributed by atoms with Crippen LogP contribution in [0.1, 0.15) is 16.1 Å². The molecule has 0 aromatic carbocycles. The normalized spacial score (nSPS) is 11.3. The Labute approximate surface area is 146 Å².